The summed E-state index contributed by atoms with van der Waals surface area (Å²) >= 11 is 1.39. The maximum atomic E-state index is 10.7. The monoisotopic (exact) mass is 234 g/mol. The minimum absolute atomic E-state index is 0.458. The van der Waals surface area contributed by atoms with Crippen LogP contribution < -0.4 is 0 Å². The van der Waals surface area contributed by atoms with Crippen LogP contribution in [-0.4, -0.2) is 8.76 Å². The van der Waals surface area contributed by atoms with Crippen molar-refractivity contribution in [3.05, 3.63) is 28.2 Å². The van der Waals surface area contributed by atoms with Crippen LogP contribution in [-0.2, 0) is 11.1 Å². The van der Waals surface area contributed by atoms with Crippen LogP contribution in [0.15, 0.2) is 27.6 Å². The predicted octanol–water partition coefficient (Wildman–Crippen LogP) is 2.34. The average Bonchev–Trinajstić information content (AvgIpc) is 1.94. The van der Waals surface area contributed by atoms with E-state index in [1.54, 1.807) is 19.1 Å². The van der Waals surface area contributed by atoms with Gasteiger partial charge in [0.2, 0.25) is 0 Å². The summed E-state index contributed by atoms with van der Waals surface area (Å²) in [5.41, 5.74) is 0.813. The molecule has 0 bridgehead atoms. The second-order valence-corrected chi connectivity index (χ2v) is 3.90. The first-order valence-corrected chi connectivity index (χ1v) is 4.89. The number of halogens is 1. The third-order valence-electron chi connectivity index (χ3n) is 1.41. The molecule has 1 rings (SSSR count). The first-order chi connectivity index (χ1) is 5.13. The Kier molecular flexibility index (Phi) is 2.81. The molecule has 60 valence electrons. The number of hydrogen-bond acceptors (Lipinski definition) is 1. The molecule has 0 spiro atoms. The fraction of sp³-hybridized carbons (Fsp3) is 0.143. The van der Waals surface area contributed by atoms with Crippen molar-refractivity contribution in [3.63, 3.8) is 0 Å². The van der Waals surface area contributed by atoms with E-state index in [0.29, 0.717) is 4.90 Å². The molecule has 0 aliphatic rings. The SMILES string of the molecule is Cc1c(Br)cccc1S(=O)O. The molecule has 0 amide bonds. The summed E-state index contributed by atoms with van der Waals surface area (Å²) in [7, 11) is 0. The quantitative estimate of drug-likeness (QED) is 0.758. The van der Waals surface area contributed by atoms with Gasteiger partial charge < -0.3 is 4.55 Å². The Bertz CT molecular complexity index is 298. The number of benzene rings is 1. The molecule has 0 aromatic heterocycles. The molecular weight excluding hydrogens is 228 g/mol. The Morgan fingerprint density at radius 3 is 2.64 bits per heavy atom. The van der Waals surface area contributed by atoms with Crippen molar-refractivity contribution in [1.29, 1.82) is 0 Å². The van der Waals surface area contributed by atoms with E-state index in [9.17, 15) is 4.21 Å². The Morgan fingerprint density at radius 1 is 1.55 bits per heavy atom. The number of hydrogen-bond donors (Lipinski definition) is 1. The lowest BCUT2D eigenvalue weighted by Gasteiger charge is -2.01. The van der Waals surface area contributed by atoms with Gasteiger partial charge in [-0.25, -0.2) is 4.21 Å². The van der Waals surface area contributed by atoms with Crippen molar-refractivity contribution < 1.29 is 8.76 Å². The van der Waals surface area contributed by atoms with E-state index in [-0.39, 0.29) is 0 Å². The zero-order valence-electron chi connectivity index (χ0n) is 5.87. The van der Waals surface area contributed by atoms with Crippen LogP contribution in [0.2, 0.25) is 0 Å². The second-order valence-electron chi connectivity index (χ2n) is 2.11. The molecule has 0 heterocycles. The van der Waals surface area contributed by atoms with Gasteiger partial charge in [0.15, 0.2) is 11.1 Å². The van der Waals surface area contributed by atoms with Gasteiger partial charge in [-0.1, -0.05) is 22.0 Å². The Balaban J connectivity index is 3.27. The van der Waals surface area contributed by atoms with Gasteiger partial charge in [-0.3, -0.25) is 0 Å². The second kappa shape index (κ2) is 3.47. The molecule has 1 atom stereocenters. The topological polar surface area (TPSA) is 37.3 Å². The lowest BCUT2D eigenvalue weighted by molar-refractivity contribution is 0.563. The van der Waals surface area contributed by atoms with Crippen LogP contribution >= 0.6 is 15.9 Å². The van der Waals surface area contributed by atoms with E-state index in [4.69, 9.17) is 4.55 Å². The first kappa shape index (κ1) is 8.90. The molecule has 0 aliphatic carbocycles. The molecule has 1 aromatic rings. The van der Waals surface area contributed by atoms with Gasteiger partial charge >= 0.3 is 0 Å². The molecule has 0 radical (unpaired) electrons. The average molecular weight is 235 g/mol. The summed E-state index contributed by atoms with van der Waals surface area (Å²) in [6, 6.07) is 5.21. The fourth-order valence-electron chi connectivity index (χ4n) is 0.777. The van der Waals surface area contributed by atoms with Crippen molar-refractivity contribution >= 4 is 27.0 Å². The van der Waals surface area contributed by atoms with Crippen molar-refractivity contribution in [1.82, 2.24) is 0 Å². The third-order valence-corrected chi connectivity index (χ3v) is 3.08. The highest BCUT2D eigenvalue weighted by Gasteiger charge is 2.05. The van der Waals surface area contributed by atoms with E-state index in [1.807, 2.05) is 6.07 Å². The lowest BCUT2D eigenvalue weighted by Crippen LogP contribution is -1.92. The van der Waals surface area contributed by atoms with Crippen LogP contribution in [0.25, 0.3) is 0 Å². The Hall–Kier alpha value is -0.190. The number of rotatable bonds is 1. The molecule has 0 fully saturated rings. The minimum Gasteiger partial charge on any atom is -0.302 e. The van der Waals surface area contributed by atoms with Crippen molar-refractivity contribution in [3.8, 4) is 0 Å². The molecule has 0 aliphatic heterocycles. The third kappa shape index (κ3) is 1.89. The van der Waals surface area contributed by atoms with Gasteiger partial charge in [0.25, 0.3) is 0 Å². The summed E-state index contributed by atoms with van der Waals surface area (Å²) in [5.74, 6) is 0. The molecule has 4 heteroatoms. The summed E-state index contributed by atoms with van der Waals surface area (Å²) < 4.78 is 20.3. The van der Waals surface area contributed by atoms with E-state index in [1.165, 1.54) is 0 Å². The summed E-state index contributed by atoms with van der Waals surface area (Å²) in [4.78, 5) is 0.458. The summed E-state index contributed by atoms with van der Waals surface area (Å²) in [5, 5.41) is 0. The van der Waals surface area contributed by atoms with Crippen molar-refractivity contribution in [2.75, 3.05) is 0 Å². The van der Waals surface area contributed by atoms with E-state index in [2.05, 4.69) is 15.9 Å². The van der Waals surface area contributed by atoms with E-state index >= 15 is 0 Å². The van der Waals surface area contributed by atoms with Gasteiger partial charge in [-0.15, -0.1) is 0 Å². The Morgan fingerprint density at radius 2 is 2.18 bits per heavy atom. The van der Waals surface area contributed by atoms with Crippen molar-refractivity contribution in [2.24, 2.45) is 0 Å². The summed E-state index contributed by atoms with van der Waals surface area (Å²) in [6.45, 7) is 1.80. The molecule has 0 saturated carbocycles. The van der Waals surface area contributed by atoms with Gasteiger partial charge in [0.1, 0.15) is 0 Å². The fourth-order valence-corrected chi connectivity index (χ4v) is 1.84. The van der Waals surface area contributed by atoms with Crippen LogP contribution in [0, 0.1) is 6.92 Å². The largest absolute Gasteiger partial charge is 0.302 e. The highest BCUT2D eigenvalue weighted by molar-refractivity contribution is 9.10. The smallest absolute Gasteiger partial charge is 0.186 e. The molecule has 1 unspecified atom stereocenters. The highest BCUT2D eigenvalue weighted by Crippen LogP contribution is 2.20. The molecule has 11 heavy (non-hydrogen) atoms. The first-order valence-electron chi connectivity index (χ1n) is 2.99. The van der Waals surface area contributed by atoms with Crippen molar-refractivity contribution in [2.45, 2.75) is 11.8 Å². The van der Waals surface area contributed by atoms with E-state index < -0.39 is 11.1 Å². The Labute approximate surface area is 76.0 Å². The van der Waals surface area contributed by atoms with Gasteiger partial charge in [0.05, 0.1) is 4.90 Å². The van der Waals surface area contributed by atoms with Gasteiger partial charge in [-0.05, 0) is 24.6 Å². The molecular formula is C7H7BrO2S. The van der Waals surface area contributed by atoms with Crippen LogP contribution in [0.5, 0.6) is 0 Å². The normalized spacial score (nSPS) is 13.0. The van der Waals surface area contributed by atoms with Crippen LogP contribution in [0.3, 0.4) is 0 Å². The van der Waals surface area contributed by atoms with Crippen LogP contribution in [0.4, 0.5) is 0 Å². The maximum absolute atomic E-state index is 10.7. The molecule has 1 aromatic carbocycles. The molecule has 2 nitrogen and oxygen atoms in total. The highest BCUT2D eigenvalue weighted by atomic mass is 79.9. The summed E-state index contributed by atoms with van der Waals surface area (Å²) in [6.07, 6.45) is 0. The predicted molar refractivity (Wildman–Crippen MR) is 47.9 cm³/mol. The zero-order valence-corrected chi connectivity index (χ0v) is 8.28. The molecule has 0 saturated heterocycles. The lowest BCUT2D eigenvalue weighted by atomic mass is 10.2. The minimum atomic E-state index is -1.88. The van der Waals surface area contributed by atoms with Gasteiger partial charge in [0, 0.05) is 4.47 Å². The maximum Gasteiger partial charge on any atom is 0.186 e. The standard InChI is InChI=1S/C7H7BrO2S/c1-5-6(8)3-2-4-7(5)11(9)10/h2-4H,1H3,(H,9,10). The zero-order chi connectivity index (χ0) is 8.43. The van der Waals surface area contributed by atoms with E-state index in [0.717, 1.165) is 10.0 Å². The van der Waals surface area contributed by atoms with Crippen LogP contribution in [0.1, 0.15) is 5.56 Å². The van der Waals surface area contributed by atoms with Gasteiger partial charge in [-0.2, -0.15) is 0 Å². The molecule has 1 N–H and O–H groups in total.